The van der Waals surface area contributed by atoms with Crippen LogP contribution in [-0.2, 0) is 28.5 Å². The first-order chi connectivity index (χ1) is 26.5. The van der Waals surface area contributed by atoms with Gasteiger partial charge in [-0.25, -0.2) is 0 Å². The van der Waals surface area contributed by atoms with E-state index in [1.54, 1.807) is 0 Å². The highest BCUT2D eigenvalue weighted by Crippen LogP contribution is 2.37. The molecular weight excluding hydrogens is 681 g/mol. The van der Waals surface area contributed by atoms with Crippen molar-refractivity contribution in [2.75, 3.05) is 65.8 Å². The molecule has 308 valence electrons. The second-order valence-corrected chi connectivity index (χ2v) is 18.2. The SMILES string of the molecule is CCOCC1CCC(N2CCC(N3C(=O)CO[C@H]4CCCC[C@@H]43)CC2)CC1.CCOCC1CCC(N2CCC(N3C(=O)CO[C@H]4CCCC[C@@H]43)CC2)CC1. The van der Waals surface area contributed by atoms with Crippen LogP contribution in [-0.4, -0.2) is 146 Å². The maximum Gasteiger partial charge on any atom is 0.249 e. The monoisotopic (exact) mass is 757 g/mol. The minimum Gasteiger partial charge on any atom is -0.381 e. The predicted octanol–water partition coefficient (Wildman–Crippen LogP) is 6.43. The van der Waals surface area contributed by atoms with Crippen molar-refractivity contribution in [2.24, 2.45) is 11.8 Å². The summed E-state index contributed by atoms with van der Waals surface area (Å²) in [4.78, 5) is 35.2. The summed E-state index contributed by atoms with van der Waals surface area (Å²) in [6.45, 7) is 13.0. The Morgan fingerprint density at radius 2 is 0.852 bits per heavy atom. The van der Waals surface area contributed by atoms with Crippen molar-refractivity contribution >= 4 is 11.8 Å². The molecule has 4 atom stereocenters. The molecule has 54 heavy (non-hydrogen) atoms. The average Bonchev–Trinajstić information content (AvgIpc) is 3.23. The summed E-state index contributed by atoms with van der Waals surface area (Å²) in [7, 11) is 0. The number of fused-ring (bicyclic) bond motifs is 2. The number of piperidine rings is 2. The normalized spacial score (nSPS) is 36.6. The smallest absolute Gasteiger partial charge is 0.249 e. The van der Waals surface area contributed by atoms with Gasteiger partial charge in [-0.05, 0) is 128 Å². The third-order valence-corrected chi connectivity index (χ3v) is 15.0. The molecule has 4 aliphatic carbocycles. The summed E-state index contributed by atoms with van der Waals surface area (Å²) < 4.78 is 23.0. The lowest BCUT2D eigenvalue weighted by atomic mass is 9.84. The van der Waals surface area contributed by atoms with Gasteiger partial charge in [-0.2, -0.15) is 0 Å². The summed E-state index contributed by atoms with van der Waals surface area (Å²) in [5.41, 5.74) is 0. The van der Waals surface area contributed by atoms with Crippen LogP contribution < -0.4 is 0 Å². The quantitative estimate of drug-likeness (QED) is 0.252. The predicted molar refractivity (Wildman–Crippen MR) is 211 cm³/mol. The van der Waals surface area contributed by atoms with E-state index in [1.165, 1.54) is 77.0 Å². The lowest BCUT2D eigenvalue weighted by Gasteiger charge is -2.50. The van der Waals surface area contributed by atoms with Gasteiger partial charge in [-0.3, -0.25) is 9.59 Å². The van der Waals surface area contributed by atoms with Gasteiger partial charge < -0.3 is 38.5 Å². The molecule has 4 saturated heterocycles. The number of nitrogens with zero attached hydrogens (tertiary/aromatic N) is 4. The van der Waals surface area contributed by atoms with E-state index in [-0.39, 0.29) is 11.8 Å². The van der Waals surface area contributed by atoms with Crippen LogP contribution in [0.25, 0.3) is 0 Å². The number of ether oxygens (including phenoxy) is 4. The third kappa shape index (κ3) is 10.2. The topological polar surface area (TPSA) is 84.0 Å². The van der Waals surface area contributed by atoms with E-state index in [0.29, 0.717) is 49.6 Å². The zero-order chi connectivity index (χ0) is 37.3. The van der Waals surface area contributed by atoms with Gasteiger partial charge in [-0.15, -0.1) is 0 Å². The molecule has 10 nitrogen and oxygen atoms in total. The number of morpholine rings is 2. The van der Waals surface area contributed by atoms with Crippen molar-refractivity contribution in [3.8, 4) is 0 Å². The Hall–Kier alpha value is -1.30. The molecule has 4 aliphatic heterocycles. The van der Waals surface area contributed by atoms with Crippen molar-refractivity contribution in [1.82, 2.24) is 19.6 Å². The largest absolute Gasteiger partial charge is 0.381 e. The number of rotatable bonds is 10. The van der Waals surface area contributed by atoms with Crippen LogP contribution in [0, 0.1) is 11.8 Å². The molecule has 0 aromatic heterocycles. The minimum atomic E-state index is 0.244. The molecule has 0 aromatic rings. The standard InChI is InChI=1S/2C22H38N2O3/c2*1-2-26-15-17-7-9-18(10-8-17)23-13-11-19(12-14-23)24-20-5-3-4-6-21(20)27-16-22(24)25/h2*17-21H,2-16H2,1H3/t2*17?,18?,20-,21-/m00/s1. The van der Waals surface area contributed by atoms with Crippen LogP contribution in [0.5, 0.6) is 0 Å². The fraction of sp³-hybridized carbons (Fsp3) is 0.955. The van der Waals surface area contributed by atoms with Gasteiger partial charge in [0.05, 0.1) is 24.3 Å². The molecule has 0 bridgehead atoms. The van der Waals surface area contributed by atoms with E-state index in [0.717, 1.165) is 128 Å². The Labute approximate surface area is 327 Å². The van der Waals surface area contributed by atoms with E-state index < -0.39 is 0 Å². The van der Waals surface area contributed by atoms with Crippen molar-refractivity contribution < 1.29 is 28.5 Å². The Morgan fingerprint density at radius 1 is 0.481 bits per heavy atom. The van der Waals surface area contributed by atoms with Crippen LogP contribution in [0.4, 0.5) is 0 Å². The average molecular weight is 757 g/mol. The molecule has 0 spiro atoms. The fourth-order valence-corrected chi connectivity index (χ4v) is 12.0. The zero-order valence-corrected chi connectivity index (χ0v) is 34.2. The number of carbonyl (C=O) groups excluding carboxylic acids is 2. The lowest BCUT2D eigenvalue weighted by Crippen LogP contribution is -2.61. The van der Waals surface area contributed by atoms with E-state index in [9.17, 15) is 9.59 Å². The highest BCUT2D eigenvalue weighted by atomic mass is 16.5. The van der Waals surface area contributed by atoms with Crippen LogP contribution in [0.1, 0.15) is 142 Å². The van der Waals surface area contributed by atoms with Gasteiger partial charge in [0.2, 0.25) is 11.8 Å². The van der Waals surface area contributed by atoms with Crippen molar-refractivity contribution in [2.45, 2.75) is 191 Å². The molecule has 8 rings (SSSR count). The summed E-state index contributed by atoms with van der Waals surface area (Å²) >= 11 is 0. The van der Waals surface area contributed by atoms with E-state index >= 15 is 0 Å². The van der Waals surface area contributed by atoms with Gasteiger partial charge in [0, 0.05) is 76.8 Å². The Bertz CT molecular complexity index is 1060. The number of hydrogen-bond donors (Lipinski definition) is 0. The number of likely N-dealkylation sites (tertiary alicyclic amines) is 2. The molecular formula is C44H76N4O6. The highest BCUT2D eigenvalue weighted by Gasteiger charge is 2.44. The Kier molecular flexibility index (Phi) is 15.4. The molecule has 0 radical (unpaired) electrons. The van der Waals surface area contributed by atoms with Crippen molar-refractivity contribution in [3.63, 3.8) is 0 Å². The first kappa shape index (κ1) is 40.9. The highest BCUT2D eigenvalue weighted by molar-refractivity contribution is 5.79. The Balaban J connectivity index is 0.000000167. The van der Waals surface area contributed by atoms with E-state index in [4.69, 9.17) is 18.9 Å². The van der Waals surface area contributed by atoms with Crippen LogP contribution in [0.2, 0.25) is 0 Å². The van der Waals surface area contributed by atoms with E-state index in [2.05, 4.69) is 33.4 Å². The molecule has 10 heteroatoms. The summed E-state index contributed by atoms with van der Waals surface area (Å²) in [5, 5.41) is 0. The maximum absolute atomic E-state index is 12.6. The molecule has 4 saturated carbocycles. The molecule has 0 unspecified atom stereocenters. The Morgan fingerprint density at radius 3 is 1.22 bits per heavy atom. The summed E-state index contributed by atoms with van der Waals surface area (Å²) in [5.74, 6) is 2.03. The number of amides is 2. The summed E-state index contributed by atoms with van der Waals surface area (Å²) in [6, 6.07) is 3.10. The maximum atomic E-state index is 12.6. The molecule has 0 N–H and O–H groups in total. The van der Waals surface area contributed by atoms with Crippen molar-refractivity contribution in [3.05, 3.63) is 0 Å². The van der Waals surface area contributed by atoms with Crippen LogP contribution in [0.3, 0.4) is 0 Å². The van der Waals surface area contributed by atoms with Gasteiger partial charge in [0.25, 0.3) is 0 Å². The van der Waals surface area contributed by atoms with Crippen LogP contribution in [0.15, 0.2) is 0 Å². The third-order valence-electron chi connectivity index (χ3n) is 15.0. The first-order valence-corrected chi connectivity index (χ1v) is 23.0. The van der Waals surface area contributed by atoms with Gasteiger partial charge >= 0.3 is 0 Å². The number of hydrogen-bond acceptors (Lipinski definition) is 8. The molecule has 8 aliphatic rings. The van der Waals surface area contributed by atoms with Gasteiger partial charge in [0.15, 0.2) is 0 Å². The van der Waals surface area contributed by atoms with Crippen LogP contribution >= 0.6 is 0 Å². The second kappa shape index (κ2) is 20.4. The van der Waals surface area contributed by atoms with Gasteiger partial charge in [-0.1, -0.05) is 25.7 Å². The minimum absolute atomic E-state index is 0.244. The van der Waals surface area contributed by atoms with E-state index in [1.807, 2.05) is 0 Å². The zero-order valence-electron chi connectivity index (χ0n) is 34.2. The molecule has 2 amide bonds. The first-order valence-electron chi connectivity index (χ1n) is 23.0. The fourth-order valence-electron chi connectivity index (χ4n) is 12.0. The molecule has 0 aromatic carbocycles. The molecule has 8 fully saturated rings. The summed E-state index contributed by atoms with van der Waals surface area (Å²) in [6.07, 6.45) is 25.3. The lowest BCUT2D eigenvalue weighted by molar-refractivity contribution is -0.167. The van der Waals surface area contributed by atoms with Gasteiger partial charge in [0.1, 0.15) is 13.2 Å². The number of carbonyl (C=O) groups is 2. The molecule has 4 heterocycles. The van der Waals surface area contributed by atoms with Crippen molar-refractivity contribution in [1.29, 1.82) is 0 Å². The second-order valence-electron chi connectivity index (χ2n) is 18.2.